The molecule has 2 rings (SSSR count). The maximum Gasteiger partial charge on any atom is 0.134 e. The second-order valence-corrected chi connectivity index (χ2v) is 6.68. The number of nitrogens with zero attached hydrogens (tertiary/aromatic N) is 1. The highest BCUT2D eigenvalue weighted by atomic mass is 19.1. The molecule has 0 radical (unpaired) electrons. The molecular weight excluding hydrogens is 325 g/mol. The van der Waals surface area contributed by atoms with Gasteiger partial charge in [0.25, 0.3) is 0 Å². The smallest absolute Gasteiger partial charge is 0.134 e. The fraction of sp³-hybridized carbons (Fsp3) is 0.435. The molecule has 0 aliphatic rings. The van der Waals surface area contributed by atoms with Crippen LogP contribution < -0.4 is 4.74 Å². The van der Waals surface area contributed by atoms with Crippen LogP contribution in [-0.2, 0) is 0 Å². The van der Waals surface area contributed by atoms with E-state index in [0.717, 1.165) is 24.0 Å². The largest absolute Gasteiger partial charge is 0.491 e. The van der Waals surface area contributed by atoms with Crippen LogP contribution in [0, 0.1) is 11.3 Å². The molecule has 0 N–H and O–H groups in total. The lowest BCUT2D eigenvalue weighted by Gasteiger charge is -2.11. The predicted octanol–water partition coefficient (Wildman–Crippen LogP) is 6.69. The quantitative estimate of drug-likeness (QED) is 0.421. The van der Waals surface area contributed by atoms with Gasteiger partial charge >= 0.3 is 0 Å². The molecule has 138 valence electrons. The van der Waals surface area contributed by atoms with Crippen LogP contribution in [0.2, 0.25) is 0 Å². The maximum absolute atomic E-state index is 13.9. The van der Waals surface area contributed by atoms with Crippen LogP contribution in [0.3, 0.4) is 0 Å². The molecule has 0 aliphatic heterocycles. The van der Waals surface area contributed by atoms with E-state index in [9.17, 15) is 4.39 Å². The van der Waals surface area contributed by atoms with E-state index in [0.29, 0.717) is 17.7 Å². The summed E-state index contributed by atoms with van der Waals surface area (Å²) in [6.07, 6.45) is 6.71. The SMILES string of the molecule is CCCCCCCCC(F)COc1ccc(-c2ccc(C#N)cc2)cc1. The Morgan fingerprint density at radius 2 is 1.46 bits per heavy atom. The molecule has 1 atom stereocenters. The van der Waals surface area contributed by atoms with Gasteiger partial charge in [-0.25, -0.2) is 4.39 Å². The monoisotopic (exact) mass is 353 g/mol. The van der Waals surface area contributed by atoms with Crippen LogP contribution in [0.5, 0.6) is 5.75 Å². The number of benzene rings is 2. The van der Waals surface area contributed by atoms with Gasteiger partial charge in [-0.2, -0.15) is 5.26 Å². The summed E-state index contributed by atoms with van der Waals surface area (Å²) in [5.41, 5.74) is 2.74. The molecule has 3 heteroatoms. The Morgan fingerprint density at radius 3 is 2.08 bits per heavy atom. The van der Waals surface area contributed by atoms with Gasteiger partial charge in [0.05, 0.1) is 11.6 Å². The Bertz CT molecular complexity index is 673. The second kappa shape index (κ2) is 11.3. The summed E-state index contributed by atoms with van der Waals surface area (Å²) in [5, 5.41) is 8.84. The predicted molar refractivity (Wildman–Crippen MR) is 105 cm³/mol. The van der Waals surface area contributed by atoms with E-state index in [1.54, 1.807) is 12.1 Å². The molecule has 0 spiro atoms. The first-order chi connectivity index (χ1) is 12.7. The molecular formula is C23H28FNO. The van der Waals surface area contributed by atoms with Gasteiger partial charge < -0.3 is 4.74 Å². The normalized spacial score (nSPS) is 11.7. The standard InChI is InChI=1S/C23H28FNO/c1-2-3-4-5-6-7-8-22(24)18-26-23-15-13-21(14-16-23)20-11-9-19(17-25)10-12-20/h9-16,22H,2-8,18H2,1H3. The van der Waals surface area contributed by atoms with Gasteiger partial charge in [-0.15, -0.1) is 0 Å². The topological polar surface area (TPSA) is 33.0 Å². The van der Waals surface area contributed by atoms with E-state index in [4.69, 9.17) is 10.00 Å². The van der Waals surface area contributed by atoms with Crippen molar-refractivity contribution >= 4 is 0 Å². The molecule has 0 aromatic heterocycles. The summed E-state index contributed by atoms with van der Waals surface area (Å²) in [6, 6.07) is 17.2. The van der Waals surface area contributed by atoms with Crippen LogP contribution in [0.1, 0.15) is 57.4 Å². The van der Waals surface area contributed by atoms with Crippen LogP contribution >= 0.6 is 0 Å². The van der Waals surface area contributed by atoms with Crippen molar-refractivity contribution in [2.24, 2.45) is 0 Å². The summed E-state index contributed by atoms with van der Waals surface area (Å²) in [7, 11) is 0. The zero-order chi connectivity index (χ0) is 18.6. The minimum atomic E-state index is -0.903. The summed E-state index contributed by atoms with van der Waals surface area (Å²) in [4.78, 5) is 0. The van der Waals surface area contributed by atoms with E-state index >= 15 is 0 Å². The Hall–Kier alpha value is -2.34. The van der Waals surface area contributed by atoms with Crippen molar-refractivity contribution in [3.8, 4) is 22.9 Å². The van der Waals surface area contributed by atoms with Crippen molar-refractivity contribution in [3.63, 3.8) is 0 Å². The number of halogens is 1. The summed E-state index contributed by atoms with van der Waals surface area (Å²) >= 11 is 0. The van der Waals surface area contributed by atoms with Crippen LogP contribution in [-0.4, -0.2) is 12.8 Å². The highest BCUT2D eigenvalue weighted by molar-refractivity contribution is 5.64. The van der Waals surface area contributed by atoms with Crippen LogP contribution in [0.15, 0.2) is 48.5 Å². The Morgan fingerprint density at radius 1 is 0.885 bits per heavy atom. The molecule has 0 amide bonds. The Labute approximate surface area is 156 Å². The fourth-order valence-corrected chi connectivity index (χ4v) is 2.90. The van der Waals surface area contributed by atoms with Crippen molar-refractivity contribution in [3.05, 3.63) is 54.1 Å². The van der Waals surface area contributed by atoms with Gasteiger partial charge in [0, 0.05) is 0 Å². The van der Waals surface area contributed by atoms with E-state index in [1.807, 2.05) is 36.4 Å². The molecule has 0 saturated heterocycles. The van der Waals surface area contributed by atoms with Crippen LogP contribution in [0.25, 0.3) is 11.1 Å². The van der Waals surface area contributed by atoms with Gasteiger partial charge in [0.1, 0.15) is 18.5 Å². The number of unbranched alkanes of at least 4 members (excludes halogenated alkanes) is 5. The third kappa shape index (κ3) is 6.88. The zero-order valence-corrected chi connectivity index (χ0v) is 15.6. The van der Waals surface area contributed by atoms with Crippen molar-refractivity contribution < 1.29 is 9.13 Å². The van der Waals surface area contributed by atoms with E-state index in [2.05, 4.69) is 13.0 Å². The molecule has 0 fully saturated rings. The number of alkyl halides is 1. The van der Waals surface area contributed by atoms with Crippen molar-refractivity contribution in [1.82, 2.24) is 0 Å². The van der Waals surface area contributed by atoms with E-state index in [1.165, 1.54) is 25.7 Å². The second-order valence-electron chi connectivity index (χ2n) is 6.68. The molecule has 2 aromatic rings. The first-order valence-electron chi connectivity index (χ1n) is 9.60. The highest BCUT2D eigenvalue weighted by Gasteiger charge is 2.07. The molecule has 1 unspecified atom stereocenters. The molecule has 2 nitrogen and oxygen atoms in total. The van der Waals surface area contributed by atoms with E-state index < -0.39 is 6.17 Å². The van der Waals surface area contributed by atoms with Gasteiger partial charge in [-0.05, 0) is 41.8 Å². The molecule has 2 aromatic carbocycles. The minimum absolute atomic E-state index is 0.116. The molecule has 0 saturated carbocycles. The summed E-state index contributed by atoms with van der Waals surface area (Å²) in [5.74, 6) is 0.688. The van der Waals surface area contributed by atoms with Crippen molar-refractivity contribution in [2.75, 3.05) is 6.61 Å². The zero-order valence-electron chi connectivity index (χ0n) is 15.6. The molecule has 0 bridgehead atoms. The highest BCUT2D eigenvalue weighted by Crippen LogP contribution is 2.23. The van der Waals surface area contributed by atoms with Gasteiger partial charge in [-0.3, -0.25) is 0 Å². The Kier molecular flexibility index (Phi) is 8.69. The Balaban J connectivity index is 1.72. The average molecular weight is 353 g/mol. The summed E-state index contributed by atoms with van der Waals surface area (Å²) < 4.78 is 19.5. The third-order valence-electron chi connectivity index (χ3n) is 4.50. The lowest BCUT2D eigenvalue weighted by molar-refractivity contribution is 0.184. The lowest BCUT2D eigenvalue weighted by atomic mass is 10.0. The van der Waals surface area contributed by atoms with E-state index in [-0.39, 0.29) is 6.61 Å². The maximum atomic E-state index is 13.9. The summed E-state index contributed by atoms with van der Waals surface area (Å²) in [6.45, 7) is 2.32. The van der Waals surface area contributed by atoms with Gasteiger partial charge in [0.15, 0.2) is 0 Å². The molecule has 0 heterocycles. The first-order valence-corrected chi connectivity index (χ1v) is 9.60. The minimum Gasteiger partial charge on any atom is -0.491 e. The average Bonchev–Trinajstić information content (AvgIpc) is 2.69. The number of hydrogen-bond acceptors (Lipinski definition) is 2. The molecule has 0 aliphatic carbocycles. The fourth-order valence-electron chi connectivity index (χ4n) is 2.90. The first kappa shape index (κ1) is 20.0. The number of hydrogen-bond donors (Lipinski definition) is 0. The van der Waals surface area contributed by atoms with Gasteiger partial charge in [-0.1, -0.05) is 69.7 Å². The van der Waals surface area contributed by atoms with Crippen molar-refractivity contribution in [2.45, 2.75) is 58.0 Å². The number of ether oxygens (including phenoxy) is 1. The number of rotatable bonds is 11. The molecule has 26 heavy (non-hydrogen) atoms. The van der Waals surface area contributed by atoms with Crippen LogP contribution in [0.4, 0.5) is 4.39 Å². The lowest BCUT2D eigenvalue weighted by Crippen LogP contribution is -2.12. The third-order valence-corrected chi connectivity index (χ3v) is 4.50. The van der Waals surface area contributed by atoms with Gasteiger partial charge in [0.2, 0.25) is 0 Å². The van der Waals surface area contributed by atoms with Crippen molar-refractivity contribution in [1.29, 1.82) is 5.26 Å². The number of nitriles is 1.